The summed E-state index contributed by atoms with van der Waals surface area (Å²) in [5, 5.41) is 0. The van der Waals surface area contributed by atoms with E-state index in [0.717, 1.165) is 39.0 Å². The van der Waals surface area contributed by atoms with Gasteiger partial charge in [-0.15, -0.1) is 0 Å². The highest BCUT2D eigenvalue weighted by Gasteiger charge is 2.70. The van der Waals surface area contributed by atoms with Crippen LogP contribution in [-0.4, -0.2) is 42.1 Å². The van der Waals surface area contributed by atoms with Gasteiger partial charge in [0, 0.05) is 31.0 Å². The minimum Gasteiger partial charge on any atom is -0.377 e. The number of nitrogens with two attached hydrogens (primary N) is 1. The summed E-state index contributed by atoms with van der Waals surface area (Å²) in [5.74, 6) is 1.09. The van der Waals surface area contributed by atoms with Crippen molar-refractivity contribution in [1.82, 2.24) is 4.90 Å². The summed E-state index contributed by atoms with van der Waals surface area (Å²) in [6.07, 6.45) is 5.75. The Bertz CT molecular complexity index is 419. The van der Waals surface area contributed by atoms with E-state index in [1.54, 1.807) is 0 Å². The van der Waals surface area contributed by atoms with E-state index >= 15 is 0 Å². The molecular weight excluding hydrogens is 264 g/mol. The molecule has 0 aromatic rings. The van der Waals surface area contributed by atoms with E-state index in [4.69, 9.17) is 10.5 Å². The Morgan fingerprint density at radius 1 is 1.33 bits per heavy atom. The monoisotopic (exact) mass is 294 g/mol. The molecule has 0 aromatic heterocycles. The normalized spacial score (nSPS) is 37.5. The number of rotatable bonds is 5. The maximum atomic E-state index is 13.2. The molecule has 1 saturated heterocycles. The molecule has 0 radical (unpaired) electrons. The Hall–Kier alpha value is -0.610. The Kier molecular flexibility index (Phi) is 3.81. The van der Waals surface area contributed by atoms with Crippen molar-refractivity contribution in [2.75, 3.05) is 19.7 Å². The van der Waals surface area contributed by atoms with Crippen molar-refractivity contribution in [2.45, 2.75) is 64.5 Å². The van der Waals surface area contributed by atoms with E-state index in [0.29, 0.717) is 5.92 Å². The van der Waals surface area contributed by atoms with Crippen molar-refractivity contribution in [2.24, 2.45) is 23.0 Å². The molecule has 3 aliphatic rings. The fourth-order valence-electron chi connectivity index (χ4n) is 4.43. The molecule has 4 nitrogen and oxygen atoms in total. The van der Waals surface area contributed by atoms with Gasteiger partial charge in [-0.25, -0.2) is 0 Å². The van der Waals surface area contributed by atoms with Gasteiger partial charge in [0.15, 0.2) is 0 Å². The van der Waals surface area contributed by atoms with E-state index in [9.17, 15) is 4.79 Å². The molecule has 1 heterocycles. The fourth-order valence-corrected chi connectivity index (χ4v) is 4.43. The first kappa shape index (κ1) is 15.3. The lowest BCUT2D eigenvalue weighted by molar-refractivity contribution is -0.230. The van der Waals surface area contributed by atoms with Crippen molar-refractivity contribution in [3.8, 4) is 0 Å². The number of amides is 1. The van der Waals surface area contributed by atoms with E-state index in [1.807, 2.05) is 4.90 Å². The summed E-state index contributed by atoms with van der Waals surface area (Å²) >= 11 is 0. The first-order valence-corrected chi connectivity index (χ1v) is 8.62. The number of ether oxygens (including phenoxy) is 1. The first-order chi connectivity index (χ1) is 9.92. The molecule has 3 atom stereocenters. The molecule has 1 aliphatic heterocycles. The average molecular weight is 294 g/mol. The van der Waals surface area contributed by atoms with Crippen LogP contribution in [0.3, 0.4) is 0 Å². The molecule has 4 heteroatoms. The number of hydrogen-bond acceptors (Lipinski definition) is 3. The third kappa shape index (κ3) is 2.22. The van der Waals surface area contributed by atoms with Gasteiger partial charge in [0.05, 0.1) is 6.10 Å². The second kappa shape index (κ2) is 5.24. The molecule has 2 N–H and O–H groups in total. The van der Waals surface area contributed by atoms with Crippen LogP contribution in [0.5, 0.6) is 0 Å². The first-order valence-electron chi connectivity index (χ1n) is 8.62. The summed E-state index contributed by atoms with van der Waals surface area (Å²) in [5.41, 5.74) is 5.74. The van der Waals surface area contributed by atoms with Crippen LogP contribution in [0.25, 0.3) is 0 Å². The molecule has 3 fully saturated rings. The van der Waals surface area contributed by atoms with Crippen LogP contribution < -0.4 is 5.73 Å². The molecule has 2 saturated carbocycles. The number of hydrogen-bond donors (Lipinski definition) is 1. The van der Waals surface area contributed by atoms with E-state index in [-0.39, 0.29) is 23.3 Å². The molecule has 0 spiro atoms. The van der Waals surface area contributed by atoms with Gasteiger partial charge in [0.25, 0.3) is 0 Å². The second-order valence-corrected chi connectivity index (χ2v) is 7.83. The van der Waals surface area contributed by atoms with Crippen molar-refractivity contribution >= 4 is 5.91 Å². The smallest absolute Gasteiger partial charge is 0.243 e. The van der Waals surface area contributed by atoms with Crippen LogP contribution in [0, 0.1) is 17.3 Å². The zero-order valence-corrected chi connectivity index (χ0v) is 13.7. The van der Waals surface area contributed by atoms with Gasteiger partial charge in [-0.1, -0.05) is 20.8 Å². The fraction of sp³-hybridized carbons (Fsp3) is 0.941. The van der Waals surface area contributed by atoms with Crippen molar-refractivity contribution < 1.29 is 9.53 Å². The lowest BCUT2D eigenvalue weighted by Gasteiger charge is -2.65. The van der Waals surface area contributed by atoms with Gasteiger partial charge >= 0.3 is 0 Å². The minimum atomic E-state index is -0.734. The van der Waals surface area contributed by atoms with Gasteiger partial charge in [0.2, 0.25) is 5.91 Å². The molecule has 21 heavy (non-hydrogen) atoms. The number of carbonyl (C=O) groups is 1. The molecule has 3 unspecified atom stereocenters. The van der Waals surface area contributed by atoms with Crippen LogP contribution >= 0.6 is 0 Å². The van der Waals surface area contributed by atoms with E-state index in [1.165, 1.54) is 12.8 Å². The second-order valence-electron chi connectivity index (χ2n) is 7.83. The largest absolute Gasteiger partial charge is 0.377 e. The lowest BCUT2D eigenvalue weighted by atomic mass is 9.46. The van der Waals surface area contributed by atoms with Gasteiger partial charge in [-0.05, 0) is 38.0 Å². The van der Waals surface area contributed by atoms with Crippen molar-refractivity contribution in [3.63, 3.8) is 0 Å². The molecule has 0 bridgehead atoms. The van der Waals surface area contributed by atoms with Crippen LogP contribution in [0.1, 0.15) is 52.9 Å². The Morgan fingerprint density at radius 3 is 2.67 bits per heavy atom. The SMILES string of the molecule is CCCN(CC1CC1)C(=O)C1(N)C2CCCOC2C1(C)C. The summed E-state index contributed by atoms with van der Waals surface area (Å²) in [7, 11) is 0. The zero-order valence-electron chi connectivity index (χ0n) is 13.7. The van der Waals surface area contributed by atoms with Crippen LogP contribution in [0.4, 0.5) is 0 Å². The number of nitrogens with zero attached hydrogens (tertiary/aromatic N) is 1. The third-order valence-corrected chi connectivity index (χ3v) is 5.99. The quantitative estimate of drug-likeness (QED) is 0.845. The van der Waals surface area contributed by atoms with Gasteiger partial charge < -0.3 is 15.4 Å². The van der Waals surface area contributed by atoms with Gasteiger partial charge in [-0.2, -0.15) is 0 Å². The molecule has 0 aromatic carbocycles. The maximum absolute atomic E-state index is 13.2. The highest BCUT2D eigenvalue weighted by atomic mass is 16.5. The van der Waals surface area contributed by atoms with E-state index < -0.39 is 5.54 Å². The summed E-state index contributed by atoms with van der Waals surface area (Å²) in [6.45, 7) is 8.91. The van der Waals surface area contributed by atoms with Crippen molar-refractivity contribution in [1.29, 1.82) is 0 Å². The number of carbonyl (C=O) groups excluding carboxylic acids is 1. The molecule has 3 rings (SSSR count). The molecule has 2 aliphatic carbocycles. The van der Waals surface area contributed by atoms with Crippen LogP contribution in [-0.2, 0) is 9.53 Å². The van der Waals surface area contributed by atoms with Gasteiger partial charge in [0.1, 0.15) is 5.54 Å². The third-order valence-electron chi connectivity index (χ3n) is 5.99. The lowest BCUT2D eigenvalue weighted by Crippen LogP contribution is -2.82. The van der Waals surface area contributed by atoms with Crippen molar-refractivity contribution in [3.05, 3.63) is 0 Å². The van der Waals surface area contributed by atoms with Crippen LogP contribution in [0.2, 0.25) is 0 Å². The Balaban J connectivity index is 1.79. The predicted molar refractivity (Wildman–Crippen MR) is 82.8 cm³/mol. The topological polar surface area (TPSA) is 55.6 Å². The van der Waals surface area contributed by atoms with Crippen LogP contribution in [0.15, 0.2) is 0 Å². The maximum Gasteiger partial charge on any atom is 0.243 e. The highest BCUT2D eigenvalue weighted by Crippen LogP contribution is 2.58. The number of fused-ring (bicyclic) bond motifs is 1. The summed E-state index contributed by atoms with van der Waals surface area (Å²) in [6, 6.07) is 0. The molecule has 1 amide bonds. The molecular formula is C17H30N2O2. The Morgan fingerprint density at radius 2 is 2.05 bits per heavy atom. The van der Waals surface area contributed by atoms with E-state index in [2.05, 4.69) is 20.8 Å². The zero-order chi connectivity index (χ0) is 15.3. The molecule has 120 valence electrons. The standard InChI is InChI=1S/C17H30N2O2/c1-4-9-19(11-12-7-8-12)15(20)17(18)13-6-5-10-21-14(13)16(17,2)3/h12-14H,4-11,18H2,1-3H3. The highest BCUT2D eigenvalue weighted by molar-refractivity contribution is 5.89. The predicted octanol–water partition coefficient (Wildman–Crippen LogP) is 2.17. The average Bonchev–Trinajstić information content (AvgIpc) is 3.29. The summed E-state index contributed by atoms with van der Waals surface area (Å²) < 4.78 is 5.92. The summed E-state index contributed by atoms with van der Waals surface area (Å²) in [4.78, 5) is 15.3. The minimum absolute atomic E-state index is 0.157. The van der Waals surface area contributed by atoms with Gasteiger partial charge in [-0.3, -0.25) is 4.79 Å². The Labute approximate surface area is 128 Å².